The lowest BCUT2D eigenvalue weighted by molar-refractivity contribution is 1.13. The molecule has 0 aliphatic rings. The fourth-order valence-corrected chi connectivity index (χ4v) is 2.22. The van der Waals surface area contributed by atoms with Gasteiger partial charge in [-0.25, -0.2) is 0 Å². The van der Waals surface area contributed by atoms with Crippen molar-refractivity contribution in [1.82, 2.24) is 0 Å². The molecule has 0 spiro atoms. The molecule has 3 nitrogen and oxygen atoms in total. The lowest BCUT2D eigenvalue weighted by Gasteiger charge is -2.14. The van der Waals surface area contributed by atoms with E-state index in [1.54, 1.807) is 0 Å². The second-order valence-corrected chi connectivity index (χ2v) is 5.80. The van der Waals surface area contributed by atoms with Gasteiger partial charge in [-0.05, 0) is 61.1 Å². The highest BCUT2D eigenvalue weighted by Gasteiger charge is 2.02. The Labute approximate surface area is 135 Å². The quantitative estimate of drug-likeness (QED) is 0.813. The van der Waals surface area contributed by atoms with E-state index in [4.69, 9.17) is 23.8 Å². The SMILES string of the molecule is Cc1ccc(NC(=S)Nc2ccc(N(C)C)cc2)cc1Cl. The predicted octanol–water partition coefficient (Wildman–Crippen LogP) is 4.52. The lowest BCUT2D eigenvalue weighted by atomic mass is 10.2. The Bertz CT molecular complexity index is 638. The minimum atomic E-state index is 0.535. The third-order valence-corrected chi connectivity index (χ3v) is 3.68. The van der Waals surface area contributed by atoms with Gasteiger partial charge in [0.15, 0.2) is 5.11 Å². The van der Waals surface area contributed by atoms with E-state index in [9.17, 15) is 0 Å². The molecule has 0 unspecified atom stereocenters. The number of halogens is 1. The summed E-state index contributed by atoms with van der Waals surface area (Å²) in [5, 5.41) is 7.53. The van der Waals surface area contributed by atoms with Gasteiger partial charge < -0.3 is 15.5 Å². The summed E-state index contributed by atoms with van der Waals surface area (Å²) in [7, 11) is 4.02. The van der Waals surface area contributed by atoms with E-state index < -0.39 is 0 Å². The van der Waals surface area contributed by atoms with Crippen LogP contribution in [0.15, 0.2) is 42.5 Å². The maximum atomic E-state index is 6.10. The van der Waals surface area contributed by atoms with Crippen molar-refractivity contribution in [1.29, 1.82) is 0 Å². The molecular weight excluding hydrogens is 302 g/mol. The summed E-state index contributed by atoms with van der Waals surface area (Å²) in [5.74, 6) is 0. The molecule has 0 radical (unpaired) electrons. The van der Waals surface area contributed by atoms with Crippen molar-refractivity contribution < 1.29 is 0 Å². The van der Waals surface area contributed by atoms with Crippen LogP contribution in [-0.4, -0.2) is 19.2 Å². The maximum Gasteiger partial charge on any atom is 0.175 e. The summed E-state index contributed by atoms with van der Waals surface area (Å²) in [6.45, 7) is 1.97. The Morgan fingerprint density at radius 2 is 1.57 bits per heavy atom. The Morgan fingerprint density at radius 3 is 2.14 bits per heavy atom. The fourth-order valence-electron chi connectivity index (χ4n) is 1.81. The lowest BCUT2D eigenvalue weighted by Crippen LogP contribution is -2.19. The molecule has 0 heterocycles. The van der Waals surface area contributed by atoms with Crippen LogP contribution in [0.25, 0.3) is 0 Å². The standard InChI is InChI=1S/C16H18ClN3S/c1-11-4-5-13(10-15(11)17)19-16(21)18-12-6-8-14(9-7-12)20(2)3/h4-10H,1-3H3,(H2,18,19,21). The molecule has 21 heavy (non-hydrogen) atoms. The van der Waals surface area contributed by atoms with Gasteiger partial charge in [-0.1, -0.05) is 17.7 Å². The second kappa shape index (κ2) is 6.78. The summed E-state index contributed by atoms with van der Waals surface area (Å²) >= 11 is 11.4. The molecule has 0 amide bonds. The van der Waals surface area contributed by atoms with Gasteiger partial charge in [-0.2, -0.15) is 0 Å². The van der Waals surface area contributed by atoms with Crippen molar-refractivity contribution in [3.63, 3.8) is 0 Å². The third-order valence-electron chi connectivity index (χ3n) is 3.07. The van der Waals surface area contributed by atoms with Gasteiger partial charge in [0.05, 0.1) is 0 Å². The molecule has 0 bridgehead atoms. The first-order valence-corrected chi connectivity index (χ1v) is 7.36. The molecule has 110 valence electrons. The second-order valence-electron chi connectivity index (χ2n) is 4.98. The van der Waals surface area contributed by atoms with Crippen molar-refractivity contribution in [2.75, 3.05) is 29.6 Å². The van der Waals surface area contributed by atoms with Gasteiger partial charge in [0.25, 0.3) is 0 Å². The highest BCUT2D eigenvalue weighted by Crippen LogP contribution is 2.20. The van der Waals surface area contributed by atoms with E-state index in [0.29, 0.717) is 5.11 Å². The van der Waals surface area contributed by atoms with Gasteiger partial charge in [0, 0.05) is 36.2 Å². The van der Waals surface area contributed by atoms with Crippen LogP contribution >= 0.6 is 23.8 Å². The largest absolute Gasteiger partial charge is 0.378 e. The summed E-state index contributed by atoms with van der Waals surface area (Å²) in [6, 6.07) is 13.8. The predicted molar refractivity (Wildman–Crippen MR) is 96.8 cm³/mol. The number of nitrogens with zero attached hydrogens (tertiary/aromatic N) is 1. The highest BCUT2D eigenvalue weighted by atomic mass is 35.5. The van der Waals surface area contributed by atoms with Crippen LogP contribution in [-0.2, 0) is 0 Å². The van der Waals surface area contributed by atoms with E-state index in [0.717, 1.165) is 27.6 Å². The van der Waals surface area contributed by atoms with Gasteiger partial charge in [-0.15, -0.1) is 0 Å². The third kappa shape index (κ3) is 4.34. The van der Waals surface area contributed by atoms with Crippen molar-refractivity contribution in [3.8, 4) is 0 Å². The first-order valence-electron chi connectivity index (χ1n) is 6.57. The van der Waals surface area contributed by atoms with Gasteiger partial charge >= 0.3 is 0 Å². The van der Waals surface area contributed by atoms with Crippen LogP contribution in [0.2, 0.25) is 5.02 Å². The topological polar surface area (TPSA) is 27.3 Å². The van der Waals surface area contributed by atoms with E-state index in [2.05, 4.69) is 15.5 Å². The number of hydrogen-bond donors (Lipinski definition) is 2. The molecule has 2 aromatic rings. The number of thiocarbonyl (C=S) groups is 1. The van der Waals surface area contributed by atoms with Crippen molar-refractivity contribution >= 4 is 46.0 Å². The summed E-state index contributed by atoms with van der Waals surface area (Å²) in [4.78, 5) is 2.05. The molecule has 0 fully saturated rings. The Balaban J connectivity index is 1.99. The Kier molecular flexibility index (Phi) is 5.04. The number of nitrogens with one attached hydrogen (secondary N) is 2. The van der Waals surface area contributed by atoms with E-state index in [1.165, 1.54) is 0 Å². The van der Waals surface area contributed by atoms with Gasteiger partial charge in [0.2, 0.25) is 0 Å². The Hall–Kier alpha value is -1.78. The smallest absolute Gasteiger partial charge is 0.175 e. The van der Waals surface area contributed by atoms with Crippen LogP contribution in [0, 0.1) is 6.92 Å². The number of benzene rings is 2. The van der Waals surface area contributed by atoms with Crippen LogP contribution < -0.4 is 15.5 Å². The number of aryl methyl sites for hydroxylation is 1. The molecule has 0 atom stereocenters. The molecule has 5 heteroatoms. The Morgan fingerprint density at radius 1 is 1.00 bits per heavy atom. The zero-order valence-corrected chi connectivity index (χ0v) is 13.8. The maximum absolute atomic E-state index is 6.10. The monoisotopic (exact) mass is 319 g/mol. The first-order chi connectivity index (χ1) is 9.95. The van der Waals surface area contributed by atoms with Crippen LogP contribution in [0.4, 0.5) is 17.1 Å². The zero-order valence-electron chi connectivity index (χ0n) is 12.3. The normalized spacial score (nSPS) is 10.1. The van der Waals surface area contributed by atoms with Crippen LogP contribution in [0.5, 0.6) is 0 Å². The fraction of sp³-hybridized carbons (Fsp3) is 0.188. The molecule has 2 rings (SSSR count). The average molecular weight is 320 g/mol. The highest BCUT2D eigenvalue weighted by molar-refractivity contribution is 7.80. The minimum Gasteiger partial charge on any atom is -0.378 e. The van der Waals surface area contributed by atoms with E-state index in [-0.39, 0.29) is 0 Å². The van der Waals surface area contributed by atoms with Crippen LogP contribution in [0.3, 0.4) is 0 Å². The molecule has 0 aliphatic carbocycles. The molecule has 2 N–H and O–H groups in total. The molecule has 0 aromatic heterocycles. The number of anilines is 3. The van der Waals surface area contributed by atoms with Gasteiger partial charge in [0.1, 0.15) is 0 Å². The van der Waals surface area contributed by atoms with Crippen molar-refractivity contribution in [3.05, 3.63) is 53.1 Å². The molecule has 0 saturated carbocycles. The molecule has 2 aromatic carbocycles. The summed E-state index contributed by atoms with van der Waals surface area (Å²) < 4.78 is 0. The average Bonchev–Trinajstić information content (AvgIpc) is 2.43. The zero-order chi connectivity index (χ0) is 15.4. The summed E-state index contributed by atoms with van der Waals surface area (Å²) in [6.07, 6.45) is 0. The van der Waals surface area contributed by atoms with E-state index >= 15 is 0 Å². The molecule has 0 saturated heterocycles. The number of hydrogen-bond acceptors (Lipinski definition) is 2. The summed E-state index contributed by atoms with van der Waals surface area (Å²) in [5.41, 5.74) is 3.99. The van der Waals surface area contributed by atoms with E-state index in [1.807, 2.05) is 63.5 Å². The molecule has 0 aliphatic heterocycles. The van der Waals surface area contributed by atoms with Crippen molar-refractivity contribution in [2.45, 2.75) is 6.92 Å². The number of rotatable bonds is 3. The first kappa shape index (κ1) is 15.6. The van der Waals surface area contributed by atoms with Crippen molar-refractivity contribution in [2.24, 2.45) is 0 Å². The van der Waals surface area contributed by atoms with Gasteiger partial charge in [-0.3, -0.25) is 0 Å². The molecular formula is C16H18ClN3S. The minimum absolute atomic E-state index is 0.535. The van der Waals surface area contributed by atoms with Crippen LogP contribution in [0.1, 0.15) is 5.56 Å².